The second-order valence-corrected chi connectivity index (χ2v) is 6.70. The van der Waals surface area contributed by atoms with E-state index in [9.17, 15) is 13.2 Å². The lowest BCUT2D eigenvalue weighted by atomic mass is 10.1. The van der Waals surface area contributed by atoms with Crippen molar-refractivity contribution in [1.29, 1.82) is 0 Å². The number of methoxy groups -OCH3 is 1. The molecule has 5 nitrogen and oxygen atoms in total. The molecule has 23 heavy (non-hydrogen) atoms. The standard InChI is InChI=1S/C16H15ClO5S/c1-21-11-15(18)16(12-5-3-2-4-6-12)22-23(19,20)14-9-7-13(17)8-10-14/h2-10,16H,11H2,1H3/t16-/m1/s1. The first-order valence-corrected chi connectivity index (χ1v) is 8.48. The Morgan fingerprint density at radius 3 is 2.26 bits per heavy atom. The van der Waals surface area contributed by atoms with E-state index < -0.39 is 22.0 Å². The number of halogens is 1. The molecule has 0 saturated heterocycles. The van der Waals surface area contributed by atoms with E-state index in [2.05, 4.69) is 0 Å². The fourth-order valence-electron chi connectivity index (χ4n) is 1.92. The molecule has 2 aromatic rings. The molecule has 0 N–H and O–H groups in total. The first kappa shape index (κ1) is 17.6. The van der Waals surface area contributed by atoms with Crippen LogP contribution in [0.1, 0.15) is 11.7 Å². The van der Waals surface area contributed by atoms with E-state index in [0.717, 1.165) is 0 Å². The molecule has 0 aromatic heterocycles. The van der Waals surface area contributed by atoms with Gasteiger partial charge in [0, 0.05) is 12.1 Å². The Bertz CT molecular complexity index is 757. The topological polar surface area (TPSA) is 69.7 Å². The van der Waals surface area contributed by atoms with Crippen LogP contribution in [0.3, 0.4) is 0 Å². The molecule has 7 heteroatoms. The second-order valence-electron chi connectivity index (χ2n) is 4.69. The molecule has 1 atom stereocenters. The molecule has 2 aromatic carbocycles. The number of hydrogen-bond donors (Lipinski definition) is 0. The summed E-state index contributed by atoms with van der Waals surface area (Å²) < 4.78 is 34.7. The van der Waals surface area contributed by atoms with Crippen LogP contribution in [0.15, 0.2) is 59.5 Å². The number of benzene rings is 2. The zero-order valence-corrected chi connectivity index (χ0v) is 13.9. The average Bonchev–Trinajstić information content (AvgIpc) is 2.54. The second kappa shape index (κ2) is 7.70. The Morgan fingerprint density at radius 2 is 1.70 bits per heavy atom. The summed E-state index contributed by atoms with van der Waals surface area (Å²) in [4.78, 5) is 12.1. The third-order valence-corrected chi connectivity index (χ3v) is 4.55. The molecule has 0 unspecified atom stereocenters. The summed E-state index contributed by atoms with van der Waals surface area (Å²) in [5, 5.41) is 0.402. The molecule has 0 heterocycles. The van der Waals surface area contributed by atoms with Gasteiger partial charge in [0.1, 0.15) is 6.61 Å². The third kappa shape index (κ3) is 4.62. The van der Waals surface area contributed by atoms with Crippen molar-refractivity contribution in [2.24, 2.45) is 0 Å². The van der Waals surface area contributed by atoms with Crippen molar-refractivity contribution in [3.63, 3.8) is 0 Å². The van der Waals surface area contributed by atoms with Crippen LogP contribution in [0.4, 0.5) is 0 Å². The number of carbonyl (C=O) groups excluding carboxylic acids is 1. The van der Waals surface area contributed by atoms with E-state index in [4.69, 9.17) is 20.5 Å². The van der Waals surface area contributed by atoms with Gasteiger partial charge in [0.25, 0.3) is 10.1 Å². The van der Waals surface area contributed by atoms with Crippen LogP contribution in [0.2, 0.25) is 5.02 Å². The lowest BCUT2D eigenvalue weighted by Crippen LogP contribution is -2.23. The molecule has 0 radical (unpaired) electrons. The summed E-state index contributed by atoms with van der Waals surface area (Å²) >= 11 is 5.75. The molecule has 0 aliphatic carbocycles. The highest BCUT2D eigenvalue weighted by Crippen LogP contribution is 2.25. The molecule has 0 saturated carbocycles. The zero-order chi connectivity index (χ0) is 16.9. The maximum absolute atomic E-state index is 12.4. The van der Waals surface area contributed by atoms with Crippen molar-refractivity contribution < 1.29 is 22.1 Å². The number of carbonyl (C=O) groups is 1. The molecule has 0 spiro atoms. The number of rotatable bonds is 7. The number of Topliss-reactive ketones (excluding diaryl/α,β-unsaturated/α-hetero) is 1. The van der Waals surface area contributed by atoms with E-state index >= 15 is 0 Å². The highest BCUT2D eigenvalue weighted by Gasteiger charge is 2.28. The lowest BCUT2D eigenvalue weighted by molar-refractivity contribution is -0.129. The Balaban J connectivity index is 2.33. The summed E-state index contributed by atoms with van der Waals surface area (Å²) in [7, 11) is -2.77. The zero-order valence-electron chi connectivity index (χ0n) is 12.3. The first-order valence-electron chi connectivity index (χ1n) is 6.69. The molecule has 0 fully saturated rings. The van der Waals surface area contributed by atoms with Crippen molar-refractivity contribution in [1.82, 2.24) is 0 Å². The van der Waals surface area contributed by atoms with Crippen molar-refractivity contribution in [3.8, 4) is 0 Å². The largest absolute Gasteiger partial charge is 0.377 e. The summed E-state index contributed by atoms with van der Waals surface area (Å²) in [6, 6.07) is 13.9. The SMILES string of the molecule is COCC(=O)[C@H](OS(=O)(=O)c1ccc(Cl)cc1)c1ccccc1. The molecule has 0 amide bonds. The van der Waals surface area contributed by atoms with Gasteiger partial charge in [-0.05, 0) is 29.8 Å². The van der Waals surface area contributed by atoms with Gasteiger partial charge in [0.05, 0.1) is 4.90 Å². The van der Waals surface area contributed by atoms with Crippen LogP contribution >= 0.6 is 11.6 Å². The highest BCUT2D eigenvalue weighted by atomic mass is 35.5. The lowest BCUT2D eigenvalue weighted by Gasteiger charge is -2.16. The Hall–Kier alpha value is -1.73. The van der Waals surface area contributed by atoms with Crippen LogP contribution in [-0.2, 0) is 23.8 Å². The van der Waals surface area contributed by atoms with E-state index in [0.29, 0.717) is 10.6 Å². The van der Waals surface area contributed by atoms with Gasteiger partial charge < -0.3 is 4.74 Å². The molecule has 2 rings (SSSR count). The Labute approximate surface area is 139 Å². The van der Waals surface area contributed by atoms with Crippen LogP contribution < -0.4 is 0 Å². The Kier molecular flexibility index (Phi) is 5.90. The third-order valence-electron chi connectivity index (χ3n) is 3.01. The molecule has 122 valence electrons. The minimum atomic E-state index is -4.12. The fraction of sp³-hybridized carbons (Fsp3) is 0.188. The summed E-state index contributed by atoms with van der Waals surface area (Å²) in [6.07, 6.45) is -1.27. The Morgan fingerprint density at radius 1 is 1.09 bits per heavy atom. The smallest absolute Gasteiger partial charge is 0.297 e. The number of ether oxygens (including phenoxy) is 1. The monoisotopic (exact) mass is 354 g/mol. The normalized spacial score (nSPS) is 12.8. The first-order chi connectivity index (χ1) is 10.9. The maximum atomic E-state index is 12.4. The highest BCUT2D eigenvalue weighted by molar-refractivity contribution is 7.86. The minimum absolute atomic E-state index is 0.0759. The predicted octanol–water partition coefficient (Wildman–Crippen LogP) is 3.00. The van der Waals surface area contributed by atoms with Crippen LogP contribution in [0.25, 0.3) is 0 Å². The van der Waals surface area contributed by atoms with Gasteiger partial charge in [0.15, 0.2) is 11.9 Å². The van der Waals surface area contributed by atoms with Gasteiger partial charge in [-0.2, -0.15) is 8.42 Å². The van der Waals surface area contributed by atoms with Crippen LogP contribution in [0, 0.1) is 0 Å². The average molecular weight is 355 g/mol. The van der Waals surface area contributed by atoms with Gasteiger partial charge in [-0.25, -0.2) is 0 Å². The summed E-state index contributed by atoms with van der Waals surface area (Å²) in [5.74, 6) is -0.490. The van der Waals surface area contributed by atoms with Crippen molar-refractivity contribution in [3.05, 3.63) is 65.2 Å². The molecule has 0 aliphatic heterocycles. The van der Waals surface area contributed by atoms with E-state index in [1.807, 2.05) is 0 Å². The van der Waals surface area contributed by atoms with Crippen molar-refractivity contribution in [2.45, 2.75) is 11.0 Å². The van der Waals surface area contributed by atoms with Crippen molar-refractivity contribution in [2.75, 3.05) is 13.7 Å². The summed E-state index contributed by atoms with van der Waals surface area (Å²) in [6.45, 7) is -0.254. The number of ketones is 1. The number of hydrogen-bond acceptors (Lipinski definition) is 5. The van der Waals surface area contributed by atoms with E-state index in [1.165, 1.54) is 31.4 Å². The molecular formula is C16H15ClO5S. The predicted molar refractivity (Wildman–Crippen MR) is 85.8 cm³/mol. The van der Waals surface area contributed by atoms with Crippen LogP contribution in [-0.4, -0.2) is 27.9 Å². The quantitative estimate of drug-likeness (QED) is 0.715. The van der Waals surface area contributed by atoms with Crippen LogP contribution in [0.5, 0.6) is 0 Å². The van der Waals surface area contributed by atoms with Gasteiger partial charge in [-0.1, -0.05) is 41.9 Å². The molecule has 0 bridgehead atoms. The van der Waals surface area contributed by atoms with Gasteiger partial charge in [-0.3, -0.25) is 8.98 Å². The van der Waals surface area contributed by atoms with E-state index in [1.54, 1.807) is 30.3 Å². The summed E-state index contributed by atoms with van der Waals surface area (Å²) in [5.41, 5.74) is 0.437. The van der Waals surface area contributed by atoms with Gasteiger partial charge >= 0.3 is 0 Å². The fourth-order valence-corrected chi connectivity index (χ4v) is 3.10. The van der Waals surface area contributed by atoms with E-state index in [-0.39, 0.29) is 11.5 Å². The maximum Gasteiger partial charge on any atom is 0.297 e. The molecule has 0 aliphatic rings. The van der Waals surface area contributed by atoms with Gasteiger partial charge in [-0.15, -0.1) is 0 Å². The molecular weight excluding hydrogens is 340 g/mol. The van der Waals surface area contributed by atoms with Crippen molar-refractivity contribution >= 4 is 27.5 Å². The van der Waals surface area contributed by atoms with Gasteiger partial charge in [0.2, 0.25) is 0 Å². The minimum Gasteiger partial charge on any atom is -0.377 e.